The Balaban J connectivity index is 2.87. The molecule has 18 heavy (non-hydrogen) atoms. The number of anilines is 1. The van der Waals surface area contributed by atoms with Gasteiger partial charge in [-0.25, -0.2) is 10.6 Å². The van der Waals surface area contributed by atoms with Crippen molar-refractivity contribution in [2.45, 2.75) is 6.92 Å². The SMILES string of the molecule is CCN(N)c1nnc2c(=O)n(C)c(=O)n(C)c2n1. The van der Waals surface area contributed by atoms with Gasteiger partial charge in [-0.1, -0.05) is 0 Å². The van der Waals surface area contributed by atoms with Gasteiger partial charge in [-0.2, -0.15) is 4.98 Å². The highest BCUT2D eigenvalue weighted by Crippen LogP contribution is 2.05. The monoisotopic (exact) mass is 251 g/mol. The van der Waals surface area contributed by atoms with Crippen molar-refractivity contribution in [3.05, 3.63) is 20.8 Å². The summed E-state index contributed by atoms with van der Waals surface area (Å²) in [5, 5.41) is 8.82. The van der Waals surface area contributed by atoms with Gasteiger partial charge in [0.05, 0.1) is 0 Å². The van der Waals surface area contributed by atoms with Gasteiger partial charge in [-0.15, -0.1) is 10.2 Å². The molecule has 9 nitrogen and oxygen atoms in total. The van der Waals surface area contributed by atoms with Crippen LogP contribution in [-0.2, 0) is 14.1 Å². The second kappa shape index (κ2) is 4.18. The van der Waals surface area contributed by atoms with Gasteiger partial charge in [-0.3, -0.25) is 18.9 Å². The zero-order chi connectivity index (χ0) is 13.4. The van der Waals surface area contributed by atoms with Crippen LogP contribution in [0.3, 0.4) is 0 Å². The largest absolute Gasteiger partial charge is 0.332 e. The number of aromatic nitrogens is 5. The molecule has 2 heterocycles. The summed E-state index contributed by atoms with van der Waals surface area (Å²) in [6.45, 7) is 2.29. The topological polar surface area (TPSA) is 112 Å². The molecule has 0 amide bonds. The normalized spacial score (nSPS) is 10.9. The van der Waals surface area contributed by atoms with E-state index < -0.39 is 11.2 Å². The number of nitrogens with two attached hydrogens (primary N) is 1. The van der Waals surface area contributed by atoms with Gasteiger partial charge >= 0.3 is 5.69 Å². The lowest BCUT2D eigenvalue weighted by Gasteiger charge is -2.13. The third-order valence-electron chi connectivity index (χ3n) is 2.65. The van der Waals surface area contributed by atoms with E-state index >= 15 is 0 Å². The fourth-order valence-corrected chi connectivity index (χ4v) is 1.51. The Bertz CT molecular complexity index is 717. The Morgan fingerprint density at radius 2 is 1.89 bits per heavy atom. The first kappa shape index (κ1) is 12.2. The smallest absolute Gasteiger partial charge is 0.279 e. The van der Waals surface area contributed by atoms with Crippen molar-refractivity contribution in [3.63, 3.8) is 0 Å². The van der Waals surface area contributed by atoms with Crippen LogP contribution in [0.15, 0.2) is 9.59 Å². The van der Waals surface area contributed by atoms with Crippen LogP contribution in [0.5, 0.6) is 0 Å². The summed E-state index contributed by atoms with van der Waals surface area (Å²) in [7, 11) is 2.89. The van der Waals surface area contributed by atoms with Gasteiger partial charge in [0.2, 0.25) is 0 Å². The Morgan fingerprint density at radius 3 is 2.50 bits per heavy atom. The molecule has 2 aromatic heterocycles. The molecular weight excluding hydrogens is 238 g/mol. The summed E-state index contributed by atoms with van der Waals surface area (Å²) in [6, 6.07) is 0. The molecule has 0 bridgehead atoms. The quantitative estimate of drug-likeness (QED) is 0.491. The molecule has 0 aliphatic rings. The number of fused-ring (bicyclic) bond motifs is 1. The van der Waals surface area contributed by atoms with Gasteiger partial charge in [0.25, 0.3) is 11.5 Å². The van der Waals surface area contributed by atoms with Crippen molar-refractivity contribution < 1.29 is 0 Å². The van der Waals surface area contributed by atoms with Crippen molar-refractivity contribution in [1.29, 1.82) is 0 Å². The van der Waals surface area contributed by atoms with Crippen LogP contribution in [0.25, 0.3) is 11.2 Å². The molecule has 0 aliphatic heterocycles. The molecule has 0 saturated carbocycles. The molecular formula is C9H13N7O2. The van der Waals surface area contributed by atoms with Crippen molar-refractivity contribution in [2.75, 3.05) is 11.6 Å². The molecule has 2 rings (SSSR count). The second-order valence-electron chi connectivity index (χ2n) is 3.78. The average Bonchev–Trinajstić information content (AvgIpc) is 2.41. The molecule has 0 saturated heterocycles. The zero-order valence-electron chi connectivity index (χ0n) is 10.3. The third kappa shape index (κ3) is 1.64. The van der Waals surface area contributed by atoms with Gasteiger partial charge in [0.15, 0.2) is 11.2 Å². The molecule has 96 valence electrons. The van der Waals surface area contributed by atoms with Gasteiger partial charge in [0.1, 0.15) is 0 Å². The Hall–Kier alpha value is -2.29. The first-order valence-corrected chi connectivity index (χ1v) is 5.30. The van der Waals surface area contributed by atoms with Gasteiger partial charge < -0.3 is 0 Å². The van der Waals surface area contributed by atoms with Crippen molar-refractivity contribution in [2.24, 2.45) is 19.9 Å². The van der Waals surface area contributed by atoms with Crippen LogP contribution < -0.4 is 22.1 Å². The molecule has 2 N–H and O–H groups in total. The van der Waals surface area contributed by atoms with E-state index in [4.69, 9.17) is 5.84 Å². The number of hydrogen-bond donors (Lipinski definition) is 1. The molecule has 0 radical (unpaired) electrons. The molecule has 0 atom stereocenters. The molecule has 0 aromatic carbocycles. The van der Waals surface area contributed by atoms with Gasteiger partial charge in [-0.05, 0) is 6.92 Å². The summed E-state index contributed by atoms with van der Waals surface area (Å²) in [5.41, 5.74) is -0.802. The minimum atomic E-state index is -0.528. The highest BCUT2D eigenvalue weighted by molar-refractivity contribution is 5.69. The highest BCUT2D eigenvalue weighted by Gasteiger charge is 2.13. The third-order valence-corrected chi connectivity index (χ3v) is 2.65. The molecule has 0 fully saturated rings. The van der Waals surface area contributed by atoms with Crippen LogP contribution in [0.1, 0.15) is 6.92 Å². The number of hydrazine groups is 1. The number of rotatable bonds is 2. The summed E-state index contributed by atoms with van der Waals surface area (Å²) in [5.74, 6) is 5.80. The van der Waals surface area contributed by atoms with E-state index in [9.17, 15) is 9.59 Å². The maximum absolute atomic E-state index is 11.8. The standard InChI is InChI=1S/C9H13N7O2/c1-4-16(10)8-11-6-5(12-13-8)7(17)15(3)9(18)14(6)2/h4,10H2,1-3H3. The zero-order valence-corrected chi connectivity index (χ0v) is 10.3. The van der Waals surface area contributed by atoms with Crippen LogP contribution in [0.2, 0.25) is 0 Å². The summed E-state index contributed by atoms with van der Waals surface area (Å²) in [6.07, 6.45) is 0. The Morgan fingerprint density at radius 1 is 1.22 bits per heavy atom. The van der Waals surface area contributed by atoms with Crippen LogP contribution >= 0.6 is 0 Å². The maximum Gasteiger partial charge on any atom is 0.332 e. The lowest BCUT2D eigenvalue weighted by Crippen LogP contribution is -2.39. The molecule has 0 spiro atoms. The summed E-state index contributed by atoms with van der Waals surface area (Å²) < 4.78 is 2.19. The Kier molecular flexibility index (Phi) is 2.83. The van der Waals surface area contributed by atoms with E-state index in [1.807, 2.05) is 6.92 Å². The van der Waals surface area contributed by atoms with E-state index in [0.717, 1.165) is 4.57 Å². The molecule has 0 unspecified atom stereocenters. The highest BCUT2D eigenvalue weighted by atomic mass is 16.2. The number of aryl methyl sites for hydroxylation is 1. The van der Waals surface area contributed by atoms with Crippen molar-refractivity contribution in [3.8, 4) is 0 Å². The van der Waals surface area contributed by atoms with E-state index in [1.54, 1.807) is 0 Å². The predicted molar refractivity (Wildman–Crippen MR) is 65.0 cm³/mol. The summed E-state index contributed by atoms with van der Waals surface area (Å²) >= 11 is 0. The molecule has 9 heteroatoms. The summed E-state index contributed by atoms with van der Waals surface area (Å²) in [4.78, 5) is 27.6. The first-order chi connectivity index (χ1) is 8.47. The second-order valence-corrected chi connectivity index (χ2v) is 3.78. The van der Waals surface area contributed by atoms with E-state index in [0.29, 0.717) is 6.54 Å². The van der Waals surface area contributed by atoms with Crippen molar-refractivity contribution in [1.82, 2.24) is 24.3 Å². The lowest BCUT2D eigenvalue weighted by atomic mass is 10.5. The molecule has 2 aromatic rings. The molecule has 0 aliphatic carbocycles. The number of hydrogen-bond acceptors (Lipinski definition) is 7. The minimum Gasteiger partial charge on any atom is -0.279 e. The van der Waals surface area contributed by atoms with E-state index in [1.165, 1.54) is 23.7 Å². The van der Waals surface area contributed by atoms with Crippen molar-refractivity contribution >= 4 is 17.1 Å². The van der Waals surface area contributed by atoms with Crippen LogP contribution in [0.4, 0.5) is 5.95 Å². The van der Waals surface area contributed by atoms with E-state index in [-0.39, 0.29) is 17.1 Å². The maximum atomic E-state index is 11.8. The lowest BCUT2D eigenvalue weighted by molar-refractivity contribution is 0.696. The van der Waals surface area contributed by atoms with Crippen LogP contribution in [-0.4, -0.2) is 30.9 Å². The van der Waals surface area contributed by atoms with Gasteiger partial charge in [0, 0.05) is 20.6 Å². The fourth-order valence-electron chi connectivity index (χ4n) is 1.51. The fraction of sp³-hybridized carbons (Fsp3) is 0.444. The minimum absolute atomic E-state index is 0.0350. The predicted octanol–water partition coefficient (Wildman–Crippen LogP) is -1.88. The average molecular weight is 251 g/mol. The number of nitrogens with zero attached hydrogens (tertiary/aromatic N) is 6. The first-order valence-electron chi connectivity index (χ1n) is 5.30. The van der Waals surface area contributed by atoms with E-state index in [2.05, 4.69) is 15.2 Å². The Labute approximate surface area is 101 Å². The van der Waals surface area contributed by atoms with Crippen LogP contribution in [0, 0.1) is 0 Å².